The van der Waals surface area contributed by atoms with E-state index in [0.29, 0.717) is 0 Å². The van der Waals surface area contributed by atoms with E-state index in [0.717, 1.165) is 0 Å². The summed E-state index contributed by atoms with van der Waals surface area (Å²) in [6.45, 7) is 9.17. The number of hydrogen-bond donors (Lipinski definition) is 2. The van der Waals surface area contributed by atoms with Crippen LogP contribution in [0.15, 0.2) is 36.2 Å². The zero-order valence-electron chi connectivity index (χ0n) is 8.94. The summed E-state index contributed by atoms with van der Waals surface area (Å²) in [5.41, 5.74) is 0.0103. The Kier molecular flexibility index (Phi) is 4.81. The minimum atomic E-state index is -1.22. The average molecular weight is 228 g/mol. The molecule has 6 heteroatoms. The number of carbonyl (C=O) groups is 2. The van der Waals surface area contributed by atoms with Crippen LogP contribution in [0.3, 0.4) is 0 Å². The molecule has 0 aliphatic carbocycles. The molecule has 0 heterocycles. The molecule has 0 atom stereocenters. The highest BCUT2D eigenvalue weighted by Crippen LogP contribution is 2.07. The number of aliphatic hydroxyl groups excluding tert-OH is 2. The number of rotatable bonds is 4. The Labute approximate surface area is 92.1 Å². The second kappa shape index (κ2) is 5.59. The van der Waals surface area contributed by atoms with Crippen molar-refractivity contribution in [3.05, 3.63) is 36.2 Å². The first kappa shape index (κ1) is 13.8. The molecular formula is C10H12O6. The van der Waals surface area contributed by atoms with Gasteiger partial charge in [0.15, 0.2) is 0 Å². The zero-order valence-corrected chi connectivity index (χ0v) is 8.94. The fourth-order valence-corrected chi connectivity index (χ4v) is 0.437. The van der Waals surface area contributed by atoms with Crippen LogP contribution in [-0.4, -0.2) is 22.2 Å². The summed E-state index contributed by atoms with van der Waals surface area (Å²) in [4.78, 5) is 21.8. The average Bonchev–Trinajstić information content (AvgIpc) is 2.16. The Morgan fingerprint density at radius 3 is 1.31 bits per heavy atom. The maximum Gasteiger partial charge on any atom is 0.370 e. The molecule has 0 spiro atoms. The summed E-state index contributed by atoms with van der Waals surface area (Å²) in [5, 5.41) is 18.0. The van der Waals surface area contributed by atoms with Gasteiger partial charge in [0, 0.05) is 11.1 Å². The molecule has 2 N–H and O–H groups in total. The van der Waals surface area contributed by atoms with E-state index in [2.05, 4.69) is 22.6 Å². The van der Waals surface area contributed by atoms with Crippen LogP contribution < -0.4 is 0 Å². The number of ether oxygens (including phenoxy) is 2. The second-order valence-electron chi connectivity index (χ2n) is 2.95. The molecule has 0 aliphatic rings. The van der Waals surface area contributed by atoms with Crippen molar-refractivity contribution in [1.82, 2.24) is 0 Å². The predicted molar refractivity (Wildman–Crippen MR) is 54.1 cm³/mol. The van der Waals surface area contributed by atoms with Gasteiger partial charge in [-0.2, -0.15) is 0 Å². The van der Waals surface area contributed by atoms with Gasteiger partial charge in [0.05, 0.1) is 0 Å². The van der Waals surface area contributed by atoms with E-state index in [1.54, 1.807) is 0 Å². The lowest BCUT2D eigenvalue weighted by Crippen LogP contribution is -2.11. The summed E-state index contributed by atoms with van der Waals surface area (Å²) in [5.74, 6) is -4.36. The van der Waals surface area contributed by atoms with Gasteiger partial charge in [-0.25, -0.2) is 9.59 Å². The smallest absolute Gasteiger partial charge is 0.370 e. The Hall–Kier alpha value is -2.24. The molecule has 16 heavy (non-hydrogen) atoms. The van der Waals surface area contributed by atoms with Gasteiger partial charge in [0.2, 0.25) is 0 Å². The van der Waals surface area contributed by atoms with Gasteiger partial charge >= 0.3 is 23.8 Å². The van der Waals surface area contributed by atoms with Gasteiger partial charge < -0.3 is 19.7 Å². The van der Waals surface area contributed by atoms with Crippen molar-refractivity contribution < 1.29 is 29.3 Å². The van der Waals surface area contributed by atoms with Gasteiger partial charge in [0.1, 0.15) is 0 Å². The molecule has 0 aromatic heterocycles. The van der Waals surface area contributed by atoms with Gasteiger partial charge in [-0.15, -0.1) is 0 Å². The first-order valence-corrected chi connectivity index (χ1v) is 4.13. The summed E-state index contributed by atoms with van der Waals surface area (Å²) < 4.78 is 8.39. The minimum absolute atomic E-state index is 0.00516. The minimum Gasteiger partial charge on any atom is -0.475 e. The molecule has 0 bridgehead atoms. The van der Waals surface area contributed by atoms with E-state index in [1.807, 2.05) is 0 Å². The van der Waals surface area contributed by atoms with E-state index in [9.17, 15) is 9.59 Å². The first-order valence-electron chi connectivity index (χ1n) is 4.13. The van der Waals surface area contributed by atoms with E-state index < -0.39 is 23.8 Å². The molecular weight excluding hydrogens is 216 g/mol. The molecule has 0 aromatic rings. The van der Waals surface area contributed by atoms with E-state index in [-0.39, 0.29) is 11.1 Å². The van der Waals surface area contributed by atoms with Crippen LogP contribution in [0.5, 0.6) is 0 Å². The van der Waals surface area contributed by atoms with Gasteiger partial charge in [-0.1, -0.05) is 13.2 Å². The molecule has 0 aromatic carbocycles. The number of aliphatic hydroxyl groups is 2. The largest absolute Gasteiger partial charge is 0.475 e. The normalized spacial score (nSPS) is 11.1. The van der Waals surface area contributed by atoms with Crippen molar-refractivity contribution >= 4 is 11.9 Å². The lowest BCUT2D eigenvalue weighted by Gasteiger charge is -2.05. The highest BCUT2D eigenvalue weighted by molar-refractivity contribution is 5.88. The van der Waals surface area contributed by atoms with Gasteiger partial charge in [-0.3, -0.25) is 0 Å². The lowest BCUT2D eigenvalue weighted by molar-refractivity contribution is -0.146. The fourth-order valence-electron chi connectivity index (χ4n) is 0.437. The molecule has 0 radical (unpaired) electrons. The molecule has 0 rings (SSSR count). The molecule has 0 saturated heterocycles. The maximum absolute atomic E-state index is 10.9. The topological polar surface area (TPSA) is 93.1 Å². The van der Waals surface area contributed by atoms with Crippen LogP contribution in [0.25, 0.3) is 0 Å². The zero-order chi connectivity index (χ0) is 12.9. The molecule has 0 amide bonds. The van der Waals surface area contributed by atoms with Crippen molar-refractivity contribution in [3.63, 3.8) is 0 Å². The quantitative estimate of drug-likeness (QED) is 0.430. The van der Waals surface area contributed by atoms with E-state index in [1.165, 1.54) is 13.8 Å². The van der Waals surface area contributed by atoms with E-state index >= 15 is 0 Å². The van der Waals surface area contributed by atoms with Crippen molar-refractivity contribution in [1.29, 1.82) is 0 Å². The number of hydrogen-bond acceptors (Lipinski definition) is 6. The molecule has 88 valence electrons. The van der Waals surface area contributed by atoms with Gasteiger partial charge in [-0.05, 0) is 13.8 Å². The van der Waals surface area contributed by atoms with Gasteiger partial charge in [0.25, 0.3) is 0 Å². The molecule has 6 nitrogen and oxygen atoms in total. The van der Waals surface area contributed by atoms with Crippen LogP contribution in [0.1, 0.15) is 13.8 Å². The lowest BCUT2D eigenvalue weighted by atomic mass is 10.4. The molecule has 0 unspecified atom stereocenters. The highest BCUT2D eigenvalue weighted by atomic mass is 16.7. The second-order valence-corrected chi connectivity index (χ2v) is 2.95. The highest BCUT2D eigenvalue weighted by Gasteiger charge is 2.16. The Morgan fingerprint density at radius 2 is 1.12 bits per heavy atom. The van der Waals surface area contributed by atoms with Crippen LogP contribution in [0.4, 0.5) is 0 Å². The maximum atomic E-state index is 10.9. The molecule has 0 fully saturated rings. The molecule has 0 aliphatic heterocycles. The van der Waals surface area contributed by atoms with Crippen LogP contribution in [-0.2, 0) is 19.1 Å². The summed E-state index contributed by atoms with van der Waals surface area (Å²) in [7, 11) is 0. The Balaban J connectivity index is 4.59. The number of carbonyl (C=O) groups excluding carboxylic acids is 2. The number of esters is 2. The van der Waals surface area contributed by atoms with Crippen LogP contribution in [0.2, 0.25) is 0 Å². The van der Waals surface area contributed by atoms with E-state index in [4.69, 9.17) is 10.2 Å². The third kappa shape index (κ3) is 4.32. The van der Waals surface area contributed by atoms with Crippen molar-refractivity contribution in [2.75, 3.05) is 0 Å². The summed E-state index contributed by atoms with van der Waals surface area (Å²) in [6, 6.07) is 0. The van der Waals surface area contributed by atoms with Crippen molar-refractivity contribution in [2.24, 2.45) is 0 Å². The Bertz CT molecular complexity index is 341. The first-order chi connectivity index (χ1) is 7.25. The predicted octanol–water partition coefficient (Wildman–Crippen LogP) is 1.47. The monoisotopic (exact) mass is 228 g/mol. The summed E-state index contributed by atoms with van der Waals surface area (Å²) in [6.07, 6.45) is 0. The fraction of sp³-hybridized carbons (Fsp3) is 0.200. The third-order valence-electron chi connectivity index (χ3n) is 1.26. The third-order valence-corrected chi connectivity index (χ3v) is 1.26. The summed E-state index contributed by atoms with van der Waals surface area (Å²) >= 11 is 0. The Morgan fingerprint density at radius 1 is 0.875 bits per heavy atom. The van der Waals surface area contributed by atoms with Crippen LogP contribution >= 0.6 is 0 Å². The van der Waals surface area contributed by atoms with Crippen molar-refractivity contribution in [3.8, 4) is 0 Å². The SMILES string of the molecule is C=C(C)C(=O)O/C(O)=C(/O)OC(=O)C(=C)C. The van der Waals surface area contributed by atoms with Crippen molar-refractivity contribution in [2.45, 2.75) is 13.8 Å². The molecule has 0 saturated carbocycles. The van der Waals surface area contributed by atoms with Crippen LogP contribution in [0, 0.1) is 0 Å². The standard InChI is InChI=1S/C10H12O6/c1-5(2)7(11)15-9(13)10(14)16-8(12)6(3)4/h13-14H,1,3H2,2,4H3/b10-9-.